The lowest BCUT2D eigenvalue weighted by Gasteiger charge is -2.42. The molecule has 4 bridgehead atoms. The molecule has 6 aliphatic rings. The molecule has 23 heteroatoms. The number of ether oxygens (including phenoxy) is 10. The van der Waals surface area contributed by atoms with Gasteiger partial charge in [-0.2, -0.15) is 0 Å². The molecule has 21 nitrogen and oxygen atoms in total. The Morgan fingerprint density at radius 2 is 1.63 bits per heavy atom. The molecule has 1 aromatic carbocycles. The Hall–Kier alpha value is -4.96. The van der Waals surface area contributed by atoms with E-state index >= 15 is 0 Å². The molecule has 7 rings (SSSR count). The topological polar surface area (TPSA) is 249 Å². The number of hydrogen-bond donors (Lipinski definition) is 3. The summed E-state index contributed by atoms with van der Waals surface area (Å²) in [4.78, 5) is 81.4. The van der Waals surface area contributed by atoms with Crippen molar-refractivity contribution in [3.63, 3.8) is 0 Å². The summed E-state index contributed by atoms with van der Waals surface area (Å²) in [5, 5.41) is 17.0. The van der Waals surface area contributed by atoms with Crippen molar-refractivity contribution in [2.45, 2.75) is 121 Å². The Morgan fingerprint density at radius 1 is 0.975 bits per heavy atom. The van der Waals surface area contributed by atoms with Gasteiger partial charge in [-0.05, 0) is 62.5 Å². The molecule has 4 heterocycles. The number of epoxide rings is 1. The number of aliphatic hydroxyl groups is 1. The number of nitrogens with one attached hydrogen (secondary N) is 2. The highest BCUT2D eigenvalue weighted by atomic mass is 35.5. The summed E-state index contributed by atoms with van der Waals surface area (Å²) in [6.07, 6.45) is 3.51. The van der Waals surface area contributed by atoms with Crippen LogP contribution in [-0.4, -0.2) is 187 Å². The molecule has 79 heavy (non-hydrogen) atoms. The Morgan fingerprint density at radius 3 is 2.29 bits per heavy atom. The third-order valence-electron chi connectivity index (χ3n) is 14.9. The lowest BCUT2D eigenvalue weighted by molar-refractivity contribution is -0.159. The number of likely N-dealkylation sites (N-methyl/N-ethyl adjacent to an activating group) is 1. The van der Waals surface area contributed by atoms with E-state index in [2.05, 4.69) is 22.5 Å². The van der Waals surface area contributed by atoms with E-state index < -0.39 is 78.2 Å². The number of halogens is 1. The Kier molecular flexibility index (Phi) is 25.1. The van der Waals surface area contributed by atoms with Crippen molar-refractivity contribution >= 4 is 64.1 Å². The summed E-state index contributed by atoms with van der Waals surface area (Å²) < 4.78 is 56.6. The van der Waals surface area contributed by atoms with Crippen molar-refractivity contribution in [1.82, 2.24) is 15.5 Å². The molecule has 0 aromatic heterocycles. The number of alkyl carbamates (subject to hydrolysis) is 2. The Labute approximate surface area is 472 Å². The van der Waals surface area contributed by atoms with E-state index in [4.69, 9.17) is 59.0 Å². The highest BCUT2D eigenvalue weighted by molar-refractivity contribution is 8.13. The van der Waals surface area contributed by atoms with Crippen molar-refractivity contribution in [2.75, 3.05) is 105 Å². The number of anilines is 1. The van der Waals surface area contributed by atoms with E-state index in [1.165, 1.54) is 38.0 Å². The summed E-state index contributed by atoms with van der Waals surface area (Å²) in [5.41, 5.74) is 0.139. The second-order valence-corrected chi connectivity index (χ2v) is 21.9. The summed E-state index contributed by atoms with van der Waals surface area (Å²) in [6.45, 7) is 8.55. The third kappa shape index (κ3) is 18.8. The molecule has 1 aromatic rings. The molecule has 3 fully saturated rings. The number of benzene rings is 1. The van der Waals surface area contributed by atoms with E-state index in [0.717, 1.165) is 48.6 Å². The number of rotatable bonds is 25. The van der Waals surface area contributed by atoms with E-state index in [1.807, 2.05) is 13.0 Å². The van der Waals surface area contributed by atoms with Gasteiger partial charge in [0, 0.05) is 71.5 Å². The molecular weight excluding hydrogens is 1070 g/mol. The minimum Gasteiger partial charge on any atom is -0.495 e. The van der Waals surface area contributed by atoms with E-state index in [1.54, 1.807) is 38.3 Å². The van der Waals surface area contributed by atoms with Crippen LogP contribution in [0.15, 0.2) is 35.9 Å². The Bertz CT molecular complexity index is 2370. The lowest BCUT2D eigenvalue weighted by Crippen LogP contribution is -2.63. The Balaban J connectivity index is 0.874. The number of nitrogens with zero attached hydrogens (tertiary/aromatic N) is 2. The highest BCUT2D eigenvalue weighted by Crippen LogP contribution is 2.52. The molecular formula is C56H79ClN4O17S. The predicted octanol–water partition coefficient (Wildman–Crippen LogP) is 5.40. The van der Waals surface area contributed by atoms with Crippen molar-refractivity contribution < 1.29 is 81.2 Å². The molecule has 5 unspecified atom stereocenters. The SMILES string of the molecule is COc1c2ccc(c1Cl)N(C)C(=O)CC(OC(=O)[C@@H](C)N(C)C(=O)CCSC(=O)CCOCCOCCOCCOCCNC(=O)OCC1[C@H]3CCC#CCC[C@@H]13)[C@@H]1OC1[C@H](C)C1CC(O)(NC(=O)O1)[C@H](OC)/C=C/C=C(\C)C2. The molecule has 4 aliphatic heterocycles. The fourth-order valence-corrected chi connectivity index (χ4v) is 11.2. The highest BCUT2D eigenvalue weighted by Gasteiger charge is 2.56. The van der Waals surface area contributed by atoms with Crippen LogP contribution in [0.4, 0.5) is 15.3 Å². The number of fused-ring (bicyclic) bond motifs is 9. The smallest absolute Gasteiger partial charge is 0.409 e. The van der Waals surface area contributed by atoms with Gasteiger partial charge in [0.2, 0.25) is 11.8 Å². The van der Waals surface area contributed by atoms with Crippen molar-refractivity contribution in [3.05, 3.63) is 46.5 Å². The summed E-state index contributed by atoms with van der Waals surface area (Å²) in [6, 6.07) is 2.42. The molecule has 1 saturated carbocycles. The van der Waals surface area contributed by atoms with Crippen LogP contribution < -0.4 is 20.3 Å². The summed E-state index contributed by atoms with van der Waals surface area (Å²) >= 11 is 7.88. The van der Waals surface area contributed by atoms with Crippen molar-refractivity contribution in [3.8, 4) is 17.6 Å². The van der Waals surface area contributed by atoms with Crippen LogP contribution in [0.5, 0.6) is 5.75 Å². The minimum absolute atomic E-state index is 0.0445. The number of carbonyl (C=O) groups is 6. The van der Waals surface area contributed by atoms with Gasteiger partial charge in [-0.15, -0.1) is 11.8 Å². The largest absolute Gasteiger partial charge is 0.495 e. The summed E-state index contributed by atoms with van der Waals surface area (Å²) in [7, 11) is 5.89. The standard InChI is InChI=1S/C56H79ClN4O17S/c1-35-13-12-16-45(69-6)56(68)33-44(77-55(67)59-56)36(2)50-52(78-50)43(32-47(63)61(5)42-18-17-38(31-35)51(70-7)49(42)57)76-53(65)37(3)60(4)46(62)20-30-79-48(64)19-22-71-24-26-73-28-29-74-27-25-72-23-21-58-54(66)75-34-41-39-14-10-8-9-11-15-40(39)41/h12-13,16-18,36-37,39-41,43-45,50,52,68H,10-11,14-15,19-34H2,1-7H3,(H,58,66)(H,59,67)/b16-12+,35-13+/t36-,37-,39-,40+,41?,43?,44?,45-,50?,52+,56?/m1/s1. The van der Waals surface area contributed by atoms with Gasteiger partial charge in [0.1, 0.15) is 41.2 Å². The normalized spacial score (nSPS) is 28.0. The van der Waals surface area contributed by atoms with Crippen LogP contribution in [-0.2, 0) is 68.2 Å². The maximum absolute atomic E-state index is 14.1. The van der Waals surface area contributed by atoms with Crippen LogP contribution in [0.3, 0.4) is 0 Å². The first-order chi connectivity index (χ1) is 38.0. The quantitative estimate of drug-likeness (QED) is 0.0365. The fourth-order valence-electron chi connectivity index (χ4n) is 10.0. The van der Waals surface area contributed by atoms with Crippen LogP contribution >= 0.6 is 23.4 Å². The number of hydrogen-bond acceptors (Lipinski definition) is 18. The van der Waals surface area contributed by atoms with Crippen LogP contribution in [0.25, 0.3) is 0 Å². The third-order valence-corrected chi connectivity index (χ3v) is 16.2. The first-order valence-corrected chi connectivity index (χ1v) is 28.5. The molecule has 2 saturated heterocycles. The average molecular weight is 1150 g/mol. The van der Waals surface area contributed by atoms with Gasteiger partial charge in [-0.25, -0.2) is 14.4 Å². The number of amides is 4. The van der Waals surface area contributed by atoms with Crippen LogP contribution in [0.2, 0.25) is 5.02 Å². The second kappa shape index (κ2) is 31.3. The van der Waals surface area contributed by atoms with Crippen LogP contribution in [0, 0.1) is 35.5 Å². The summed E-state index contributed by atoms with van der Waals surface area (Å²) in [5.74, 6) is 6.39. The minimum atomic E-state index is -1.87. The molecule has 11 atom stereocenters. The number of methoxy groups -OCH3 is 2. The van der Waals surface area contributed by atoms with Gasteiger partial charge in [-0.3, -0.25) is 19.7 Å². The molecule has 438 valence electrons. The lowest BCUT2D eigenvalue weighted by atomic mass is 9.87. The van der Waals surface area contributed by atoms with Crippen molar-refractivity contribution in [2.24, 2.45) is 23.7 Å². The number of carbonyl (C=O) groups excluding carboxylic acids is 6. The zero-order valence-corrected chi connectivity index (χ0v) is 48.0. The molecule has 2 aliphatic carbocycles. The van der Waals surface area contributed by atoms with Gasteiger partial charge in [0.15, 0.2) is 10.8 Å². The fraction of sp³-hybridized carbons (Fsp3) is 0.679. The predicted molar refractivity (Wildman–Crippen MR) is 292 cm³/mol. The molecule has 4 amide bonds. The maximum Gasteiger partial charge on any atom is 0.409 e. The van der Waals surface area contributed by atoms with Crippen LogP contribution in [0.1, 0.15) is 77.7 Å². The van der Waals surface area contributed by atoms with E-state index in [9.17, 15) is 33.9 Å². The maximum atomic E-state index is 14.1. The first kappa shape index (κ1) is 63.2. The number of thioether (sulfide) groups is 1. The van der Waals surface area contributed by atoms with Gasteiger partial charge >= 0.3 is 18.2 Å². The first-order valence-electron chi connectivity index (χ1n) is 27.1. The molecule has 0 spiro atoms. The zero-order chi connectivity index (χ0) is 57.1. The number of allylic oxidation sites excluding steroid dienone is 3. The average Bonchev–Trinajstić information content (AvgIpc) is 4.45. The number of esters is 1. The van der Waals surface area contributed by atoms with Gasteiger partial charge in [0.05, 0.1) is 84.8 Å². The molecule has 0 radical (unpaired) electrons. The van der Waals surface area contributed by atoms with Crippen molar-refractivity contribution in [1.29, 1.82) is 0 Å². The van der Waals surface area contributed by atoms with Gasteiger partial charge in [0.25, 0.3) is 0 Å². The monoisotopic (exact) mass is 1150 g/mol. The zero-order valence-electron chi connectivity index (χ0n) is 46.5. The van der Waals surface area contributed by atoms with E-state index in [0.29, 0.717) is 88.4 Å². The van der Waals surface area contributed by atoms with Gasteiger partial charge < -0.3 is 67.6 Å². The van der Waals surface area contributed by atoms with E-state index in [-0.39, 0.29) is 54.8 Å². The second-order valence-electron chi connectivity index (χ2n) is 20.4. The molecule has 3 N–H and O–H groups in total. The van der Waals surface area contributed by atoms with Gasteiger partial charge in [-0.1, -0.05) is 60.2 Å².